The summed E-state index contributed by atoms with van der Waals surface area (Å²) in [6.45, 7) is 9.20. The lowest BCUT2D eigenvalue weighted by atomic mass is 9.78. The van der Waals surface area contributed by atoms with Crippen molar-refractivity contribution in [2.45, 2.75) is 40.5 Å². The molecule has 0 heterocycles. The van der Waals surface area contributed by atoms with E-state index >= 15 is 0 Å². The number of rotatable bonds is 5. The molecule has 1 atom stereocenters. The molecule has 0 aromatic heterocycles. The third kappa shape index (κ3) is 3.08. The highest BCUT2D eigenvalue weighted by molar-refractivity contribution is 5.38. The Hall–Kier alpha value is -0.860. The van der Waals surface area contributed by atoms with Gasteiger partial charge >= 0.3 is 0 Å². The SMILES string of the molecule is CCC(CN)(CO)Cc1c(C)cc(C)cc1C. The molecule has 1 aromatic rings. The summed E-state index contributed by atoms with van der Waals surface area (Å²) in [5.74, 6) is 0. The van der Waals surface area contributed by atoms with Gasteiger partial charge in [-0.3, -0.25) is 0 Å². The summed E-state index contributed by atoms with van der Waals surface area (Å²) in [5.41, 5.74) is 10.9. The molecule has 0 fully saturated rings. The molecule has 2 heteroatoms. The molecule has 1 aromatic carbocycles. The van der Waals surface area contributed by atoms with Crippen LogP contribution in [0.1, 0.15) is 35.6 Å². The average Bonchev–Trinajstić information content (AvgIpc) is 2.29. The van der Waals surface area contributed by atoms with Crippen LogP contribution in [0.25, 0.3) is 0 Å². The molecule has 0 bridgehead atoms. The lowest BCUT2D eigenvalue weighted by Crippen LogP contribution is -2.36. The maximum Gasteiger partial charge on any atom is 0.0502 e. The van der Waals surface area contributed by atoms with Crippen LogP contribution in [0.15, 0.2) is 12.1 Å². The second-order valence-electron chi connectivity index (χ2n) is 5.27. The first-order chi connectivity index (χ1) is 7.98. The Morgan fingerprint density at radius 2 is 1.71 bits per heavy atom. The van der Waals surface area contributed by atoms with Gasteiger partial charge in [0.25, 0.3) is 0 Å². The zero-order valence-electron chi connectivity index (χ0n) is 11.5. The van der Waals surface area contributed by atoms with Crippen LogP contribution in [0.4, 0.5) is 0 Å². The quantitative estimate of drug-likeness (QED) is 0.823. The van der Waals surface area contributed by atoms with Crippen molar-refractivity contribution in [3.8, 4) is 0 Å². The molecule has 2 nitrogen and oxygen atoms in total. The van der Waals surface area contributed by atoms with E-state index in [4.69, 9.17) is 5.73 Å². The van der Waals surface area contributed by atoms with Crippen LogP contribution in [0.5, 0.6) is 0 Å². The van der Waals surface area contributed by atoms with E-state index in [1.807, 2.05) is 0 Å². The highest BCUT2D eigenvalue weighted by atomic mass is 16.3. The molecule has 96 valence electrons. The van der Waals surface area contributed by atoms with Gasteiger partial charge in [-0.1, -0.05) is 24.6 Å². The number of aryl methyl sites for hydroxylation is 3. The molecule has 0 saturated carbocycles. The second-order valence-corrected chi connectivity index (χ2v) is 5.27. The van der Waals surface area contributed by atoms with E-state index < -0.39 is 0 Å². The fourth-order valence-corrected chi connectivity index (χ4v) is 2.44. The van der Waals surface area contributed by atoms with Gasteiger partial charge in [0.2, 0.25) is 0 Å². The van der Waals surface area contributed by atoms with Crippen molar-refractivity contribution >= 4 is 0 Å². The van der Waals surface area contributed by atoms with Gasteiger partial charge in [0, 0.05) is 12.0 Å². The van der Waals surface area contributed by atoms with Crippen molar-refractivity contribution in [2.24, 2.45) is 11.1 Å². The lowest BCUT2D eigenvalue weighted by Gasteiger charge is -2.30. The topological polar surface area (TPSA) is 46.2 Å². The lowest BCUT2D eigenvalue weighted by molar-refractivity contribution is 0.127. The minimum atomic E-state index is -0.162. The average molecular weight is 235 g/mol. The van der Waals surface area contributed by atoms with E-state index in [0.29, 0.717) is 6.54 Å². The summed E-state index contributed by atoms with van der Waals surface area (Å²) in [6.07, 6.45) is 1.78. The van der Waals surface area contributed by atoms with Crippen LogP contribution in [-0.4, -0.2) is 18.3 Å². The molecular weight excluding hydrogens is 210 g/mol. The number of aliphatic hydroxyl groups is 1. The Morgan fingerprint density at radius 1 is 1.18 bits per heavy atom. The van der Waals surface area contributed by atoms with Gasteiger partial charge in [-0.25, -0.2) is 0 Å². The molecule has 17 heavy (non-hydrogen) atoms. The smallest absolute Gasteiger partial charge is 0.0502 e. The van der Waals surface area contributed by atoms with Gasteiger partial charge in [-0.05, 0) is 50.3 Å². The molecule has 3 N–H and O–H groups in total. The highest BCUT2D eigenvalue weighted by Gasteiger charge is 2.27. The predicted octanol–water partition coefficient (Wildman–Crippen LogP) is 2.50. The molecule has 0 radical (unpaired) electrons. The number of nitrogens with two attached hydrogens (primary N) is 1. The fourth-order valence-electron chi connectivity index (χ4n) is 2.44. The van der Waals surface area contributed by atoms with Gasteiger partial charge < -0.3 is 10.8 Å². The largest absolute Gasteiger partial charge is 0.396 e. The monoisotopic (exact) mass is 235 g/mol. The summed E-state index contributed by atoms with van der Waals surface area (Å²) < 4.78 is 0. The fraction of sp³-hybridized carbons (Fsp3) is 0.600. The Labute approximate surface area is 105 Å². The summed E-state index contributed by atoms with van der Waals surface area (Å²) in [4.78, 5) is 0. The Kier molecular flexibility index (Phi) is 4.72. The molecule has 0 aliphatic heterocycles. The van der Waals surface area contributed by atoms with E-state index in [2.05, 4.69) is 39.8 Å². The first kappa shape index (κ1) is 14.2. The zero-order valence-corrected chi connectivity index (χ0v) is 11.5. The van der Waals surface area contributed by atoms with Gasteiger partial charge in [-0.15, -0.1) is 0 Å². The van der Waals surface area contributed by atoms with Gasteiger partial charge in [-0.2, -0.15) is 0 Å². The van der Waals surface area contributed by atoms with Gasteiger partial charge in [0.05, 0.1) is 6.61 Å². The first-order valence-corrected chi connectivity index (χ1v) is 6.35. The van der Waals surface area contributed by atoms with Crippen LogP contribution < -0.4 is 5.73 Å². The minimum Gasteiger partial charge on any atom is -0.396 e. The minimum absolute atomic E-state index is 0.159. The maximum absolute atomic E-state index is 9.59. The second kappa shape index (κ2) is 5.65. The van der Waals surface area contributed by atoms with Crippen molar-refractivity contribution in [1.82, 2.24) is 0 Å². The standard InChI is InChI=1S/C15H25NO/c1-5-15(9-16,10-17)8-14-12(3)6-11(2)7-13(14)4/h6-7,17H,5,8-10,16H2,1-4H3. The van der Waals surface area contributed by atoms with Crippen LogP contribution in [0, 0.1) is 26.2 Å². The van der Waals surface area contributed by atoms with Crippen molar-refractivity contribution in [3.05, 3.63) is 34.4 Å². The normalized spacial score (nSPS) is 14.7. The molecule has 0 amide bonds. The third-order valence-corrected chi connectivity index (χ3v) is 3.91. The molecule has 0 saturated heterocycles. The molecule has 1 rings (SSSR count). The van der Waals surface area contributed by atoms with E-state index in [9.17, 15) is 5.11 Å². The first-order valence-electron chi connectivity index (χ1n) is 6.35. The van der Waals surface area contributed by atoms with E-state index in [-0.39, 0.29) is 12.0 Å². The number of hydrogen-bond acceptors (Lipinski definition) is 2. The van der Waals surface area contributed by atoms with Crippen molar-refractivity contribution in [2.75, 3.05) is 13.2 Å². The van der Waals surface area contributed by atoms with Crippen LogP contribution >= 0.6 is 0 Å². The van der Waals surface area contributed by atoms with Crippen molar-refractivity contribution < 1.29 is 5.11 Å². The zero-order chi connectivity index (χ0) is 13.1. The summed E-state index contributed by atoms with van der Waals surface area (Å²) in [6, 6.07) is 4.41. The Bertz CT molecular complexity index is 349. The van der Waals surface area contributed by atoms with Crippen molar-refractivity contribution in [1.29, 1.82) is 0 Å². The van der Waals surface area contributed by atoms with Crippen LogP contribution in [0.3, 0.4) is 0 Å². The molecule has 0 spiro atoms. The van der Waals surface area contributed by atoms with E-state index in [0.717, 1.165) is 12.8 Å². The molecule has 1 unspecified atom stereocenters. The molecular formula is C15H25NO. The van der Waals surface area contributed by atoms with Crippen LogP contribution in [0.2, 0.25) is 0 Å². The van der Waals surface area contributed by atoms with Crippen molar-refractivity contribution in [3.63, 3.8) is 0 Å². The number of hydrogen-bond donors (Lipinski definition) is 2. The number of benzene rings is 1. The third-order valence-electron chi connectivity index (χ3n) is 3.91. The van der Waals surface area contributed by atoms with Gasteiger partial charge in [0.15, 0.2) is 0 Å². The summed E-state index contributed by atoms with van der Waals surface area (Å²) in [5, 5.41) is 9.59. The molecule has 0 aliphatic carbocycles. The maximum atomic E-state index is 9.59. The van der Waals surface area contributed by atoms with E-state index in [1.165, 1.54) is 22.3 Å². The summed E-state index contributed by atoms with van der Waals surface area (Å²) >= 11 is 0. The van der Waals surface area contributed by atoms with Gasteiger partial charge in [0.1, 0.15) is 0 Å². The predicted molar refractivity (Wildman–Crippen MR) is 73.2 cm³/mol. The van der Waals surface area contributed by atoms with E-state index in [1.54, 1.807) is 0 Å². The molecule has 0 aliphatic rings. The Balaban J connectivity index is 3.09. The van der Waals surface area contributed by atoms with Crippen LogP contribution in [-0.2, 0) is 6.42 Å². The number of aliphatic hydroxyl groups excluding tert-OH is 1. The highest BCUT2D eigenvalue weighted by Crippen LogP contribution is 2.29. The Morgan fingerprint density at radius 3 is 2.06 bits per heavy atom. The summed E-state index contributed by atoms with van der Waals surface area (Å²) in [7, 11) is 0.